The van der Waals surface area contributed by atoms with Gasteiger partial charge in [-0.3, -0.25) is 4.68 Å². The molecular weight excluding hydrogens is 182 g/mol. The Morgan fingerprint density at radius 2 is 2.21 bits per heavy atom. The molecule has 0 saturated heterocycles. The predicted molar refractivity (Wildman–Crippen MR) is 48.8 cm³/mol. The molecule has 1 unspecified atom stereocenters. The minimum absolute atomic E-state index is 0.550. The van der Waals surface area contributed by atoms with Gasteiger partial charge in [0, 0.05) is 7.05 Å². The molecule has 0 aromatic carbocycles. The first-order valence-electron chi connectivity index (χ1n) is 4.26. The number of hydrogen-bond acceptors (Lipinski definition) is 4. The van der Waals surface area contributed by atoms with Crippen molar-refractivity contribution in [3.63, 3.8) is 0 Å². The van der Waals surface area contributed by atoms with Crippen LogP contribution in [0.15, 0.2) is 18.6 Å². The van der Waals surface area contributed by atoms with Crippen LogP contribution >= 0.6 is 0 Å². The van der Waals surface area contributed by atoms with Crippen molar-refractivity contribution in [2.75, 3.05) is 0 Å². The number of aliphatic hydroxyl groups excluding tert-OH is 1. The number of nitrogens with zero attached hydrogens (tertiary/aromatic N) is 5. The minimum atomic E-state index is -0.597. The van der Waals surface area contributed by atoms with Crippen LogP contribution in [-0.2, 0) is 7.05 Å². The normalized spacial score (nSPS) is 13.1. The summed E-state index contributed by atoms with van der Waals surface area (Å²) in [5.41, 5.74) is 1.38. The van der Waals surface area contributed by atoms with Gasteiger partial charge in [-0.05, 0) is 6.92 Å². The third-order valence-corrected chi connectivity index (χ3v) is 1.89. The fraction of sp³-hybridized carbons (Fsp3) is 0.375. The highest BCUT2D eigenvalue weighted by Gasteiger charge is 2.07. The highest BCUT2D eigenvalue weighted by Crippen LogP contribution is 2.10. The molecule has 6 nitrogen and oxygen atoms in total. The molecule has 0 saturated carbocycles. The molecule has 0 aliphatic carbocycles. The molecule has 0 amide bonds. The zero-order chi connectivity index (χ0) is 10.1. The zero-order valence-corrected chi connectivity index (χ0v) is 7.99. The third kappa shape index (κ3) is 1.51. The monoisotopic (exact) mass is 193 g/mol. The SMILES string of the molecule is CC(O)c1cn(-c2cnn(C)c2)nn1. The summed E-state index contributed by atoms with van der Waals surface area (Å²) >= 11 is 0. The summed E-state index contributed by atoms with van der Waals surface area (Å²) in [4.78, 5) is 0. The molecule has 2 aromatic heterocycles. The molecule has 0 aliphatic heterocycles. The van der Waals surface area contributed by atoms with Gasteiger partial charge in [-0.1, -0.05) is 5.21 Å². The van der Waals surface area contributed by atoms with Gasteiger partial charge in [-0.25, -0.2) is 4.68 Å². The number of rotatable bonds is 2. The van der Waals surface area contributed by atoms with Crippen LogP contribution in [0.25, 0.3) is 5.69 Å². The van der Waals surface area contributed by atoms with E-state index in [1.54, 1.807) is 28.7 Å². The van der Waals surface area contributed by atoms with Crippen molar-refractivity contribution in [1.82, 2.24) is 24.8 Å². The second-order valence-electron chi connectivity index (χ2n) is 3.14. The van der Waals surface area contributed by atoms with Crippen molar-refractivity contribution in [2.45, 2.75) is 13.0 Å². The maximum atomic E-state index is 9.25. The number of aromatic nitrogens is 5. The molecule has 6 heteroatoms. The lowest BCUT2D eigenvalue weighted by Crippen LogP contribution is -1.92. The fourth-order valence-electron chi connectivity index (χ4n) is 1.12. The second-order valence-corrected chi connectivity index (χ2v) is 3.14. The summed E-state index contributed by atoms with van der Waals surface area (Å²) in [5, 5.41) is 21.0. The van der Waals surface area contributed by atoms with Crippen molar-refractivity contribution in [1.29, 1.82) is 0 Å². The molecule has 74 valence electrons. The van der Waals surface area contributed by atoms with Crippen LogP contribution in [0.2, 0.25) is 0 Å². The highest BCUT2D eigenvalue weighted by atomic mass is 16.3. The Morgan fingerprint density at radius 3 is 2.71 bits per heavy atom. The second kappa shape index (κ2) is 3.22. The Balaban J connectivity index is 2.33. The lowest BCUT2D eigenvalue weighted by atomic mass is 10.3. The standard InChI is InChI=1S/C8H11N5O/c1-6(14)8-5-13(11-10-8)7-3-9-12(2)4-7/h3-6,14H,1-2H3. The van der Waals surface area contributed by atoms with Crippen LogP contribution in [0.1, 0.15) is 18.7 Å². The summed E-state index contributed by atoms with van der Waals surface area (Å²) in [5.74, 6) is 0. The van der Waals surface area contributed by atoms with Crippen LogP contribution in [0.4, 0.5) is 0 Å². The van der Waals surface area contributed by atoms with E-state index in [2.05, 4.69) is 15.4 Å². The maximum Gasteiger partial charge on any atom is 0.111 e. The van der Waals surface area contributed by atoms with Crippen LogP contribution in [0, 0.1) is 0 Å². The van der Waals surface area contributed by atoms with E-state index in [4.69, 9.17) is 0 Å². The molecule has 2 heterocycles. The van der Waals surface area contributed by atoms with Crippen LogP contribution in [0.3, 0.4) is 0 Å². The molecule has 1 N–H and O–H groups in total. The molecular formula is C8H11N5O. The summed E-state index contributed by atoms with van der Waals surface area (Å²) in [6.45, 7) is 1.65. The number of aliphatic hydroxyl groups is 1. The molecule has 1 atom stereocenters. The largest absolute Gasteiger partial charge is 0.387 e. The fourth-order valence-corrected chi connectivity index (χ4v) is 1.12. The third-order valence-electron chi connectivity index (χ3n) is 1.89. The summed E-state index contributed by atoms with van der Waals surface area (Å²) < 4.78 is 3.26. The average molecular weight is 193 g/mol. The van der Waals surface area contributed by atoms with Gasteiger partial charge in [-0.2, -0.15) is 5.10 Å². The topological polar surface area (TPSA) is 68.8 Å². The maximum absolute atomic E-state index is 9.25. The van der Waals surface area contributed by atoms with E-state index in [1.165, 1.54) is 0 Å². The van der Waals surface area contributed by atoms with E-state index in [0.29, 0.717) is 5.69 Å². The van der Waals surface area contributed by atoms with Gasteiger partial charge in [-0.15, -0.1) is 5.10 Å². The van der Waals surface area contributed by atoms with Gasteiger partial charge >= 0.3 is 0 Å². The highest BCUT2D eigenvalue weighted by molar-refractivity contribution is 5.23. The van der Waals surface area contributed by atoms with Crippen LogP contribution in [0.5, 0.6) is 0 Å². The van der Waals surface area contributed by atoms with E-state index >= 15 is 0 Å². The lowest BCUT2D eigenvalue weighted by molar-refractivity contribution is 0.194. The molecule has 0 radical (unpaired) electrons. The smallest absolute Gasteiger partial charge is 0.111 e. The Morgan fingerprint density at radius 1 is 1.43 bits per heavy atom. The van der Waals surface area contributed by atoms with Crippen molar-refractivity contribution in [3.8, 4) is 5.69 Å². The van der Waals surface area contributed by atoms with E-state index in [-0.39, 0.29) is 0 Å². The minimum Gasteiger partial charge on any atom is -0.387 e. The molecule has 14 heavy (non-hydrogen) atoms. The molecule has 2 rings (SSSR count). The van der Waals surface area contributed by atoms with Crippen LogP contribution < -0.4 is 0 Å². The van der Waals surface area contributed by atoms with Gasteiger partial charge in [0.05, 0.1) is 24.7 Å². The number of aryl methyl sites for hydroxylation is 1. The van der Waals surface area contributed by atoms with Crippen molar-refractivity contribution in [3.05, 3.63) is 24.3 Å². The van der Waals surface area contributed by atoms with Crippen molar-refractivity contribution < 1.29 is 5.11 Å². The molecule has 2 aromatic rings. The van der Waals surface area contributed by atoms with E-state index in [9.17, 15) is 5.11 Å². The van der Waals surface area contributed by atoms with E-state index in [1.807, 2.05) is 13.2 Å². The Kier molecular flexibility index (Phi) is 2.05. The average Bonchev–Trinajstić information content (AvgIpc) is 2.70. The first kappa shape index (κ1) is 8.89. The van der Waals surface area contributed by atoms with E-state index < -0.39 is 6.10 Å². The van der Waals surface area contributed by atoms with Crippen molar-refractivity contribution >= 4 is 0 Å². The van der Waals surface area contributed by atoms with Gasteiger partial charge in [0.1, 0.15) is 11.4 Å². The lowest BCUT2D eigenvalue weighted by Gasteiger charge is -1.94. The molecule has 0 bridgehead atoms. The quantitative estimate of drug-likeness (QED) is 0.732. The first-order valence-corrected chi connectivity index (χ1v) is 4.26. The summed E-state index contributed by atoms with van der Waals surface area (Å²) in [6, 6.07) is 0. The number of hydrogen-bond donors (Lipinski definition) is 1. The molecule has 0 aliphatic rings. The summed E-state index contributed by atoms with van der Waals surface area (Å²) in [7, 11) is 1.83. The van der Waals surface area contributed by atoms with Gasteiger partial charge in [0.2, 0.25) is 0 Å². The van der Waals surface area contributed by atoms with E-state index in [0.717, 1.165) is 5.69 Å². The van der Waals surface area contributed by atoms with Gasteiger partial charge < -0.3 is 5.11 Å². The Bertz CT molecular complexity index is 430. The predicted octanol–water partition coefficient (Wildman–Crippen LogP) is 0.0541. The summed E-state index contributed by atoms with van der Waals surface area (Å²) in [6.07, 6.45) is 4.59. The zero-order valence-electron chi connectivity index (χ0n) is 7.99. The van der Waals surface area contributed by atoms with Crippen LogP contribution in [-0.4, -0.2) is 29.9 Å². The Labute approximate surface area is 80.8 Å². The molecule has 0 fully saturated rings. The first-order chi connectivity index (χ1) is 6.66. The van der Waals surface area contributed by atoms with Crippen molar-refractivity contribution in [2.24, 2.45) is 7.05 Å². The molecule has 0 spiro atoms. The van der Waals surface area contributed by atoms with Gasteiger partial charge in [0.25, 0.3) is 0 Å². The van der Waals surface area contributed by atoms with Gasteiger partial charge in [0.15, 0.2) is 0 Å². The Hall–Kier alpha value is -1.69.